The summed E-state index contributed by atoms with van der Waals surface area (Å²) >= 11 is 0. The molecule has 0 atom stereocenters. The van der Waals surface area contributed by atoms with Crippen LogP contribution in [0.25, 0.3) is 0 Å². The first kappa shape index (κ1) is 12.2. The molecular weight excluding hydrogens is 228 g/mol. The fourth-order valence-corrected chi connectivity index (χ4v) is 1.74. The number of nitrogen functional groups attached to an aromatic ring is 1. The lowest BCUT2D eigenvalue weighted by Gasteiger charge is -2.12. The van der Waals surface area contributed by atoms with Gasteiger partial charge in [0.2, 0.25) is 0 Å². The van der Waals surface area contributed by atoms with Crippen molar-refractivity contribution in [3.8, 4) is 0 Å². The van der Waals surface area contributed by atoms with Gasteiger partial charge in [0.1, 0.15) is 5.69 Å². The van der Waals surface area contributed by atoms with Gasteiger partial charge in [0.25, 0.3) is 5.91 Å². The molecule has 5 heteroatoms. The minimum absolute atomic E-state index is 0.174. The molecule has 0 fully saturated rings. The van der Waals surface area contributed by atoms with Crippen molar-refractivity contribution in [2.75, 3.05) is 11.1 Å². The molecule has 0 bridgehead atoms. The number of nitrogens with zero attached hydrogens (tertiary/aromatic N) is 2. The highest BCUT2D eigenvalue weighted by molar-refractivity contribution is 6.03. The molecule has 0 aliphatic carbocycles. The summed E-state index contributed by atoms with van der Waals surface area (Å²) < 4.78 is 1.85. The molecule has 0 spiro atoms. The number of carbonyl (C=O) groups excluding carboxylic acids is 1. The molecule has 0 radical (unpaired) electrons. The molecule has 2 heterocycles. The summed E-state index contributed by atoms with van der Waals surface area (Å²) in [5.41, 5.74) is 7.59. The van der Waals surface area contributed by atoms with Crippen molar-refractivity contribution in [3.05, 3.63) is 42.5 Å². The van der Waals surface area contributed by atoms with Crippen LogP contribution in [0, 0.1) is 0 Å². The highest BCUT2D eigenvalue weighted by Gasteiger charge is 2.14. The van der Waals surface area contributed by atoms with Crippen molar-refractivity contribution < 1.29 is 4.79 Å². The van der Waals surface area contributed by atoms with E-state index in [2.05, 4.69) is 10.3 Å². The van der Waals surface area contributed by atoms with Gasteiger partial charge in [-0.2, -0.15) is 0 Å². The van der Waals surface area contributed by atoms with Gasteiger partial charge in [-0.15, -0.1) is 0 Å². The molecule has 2 rings (SSSR count). The van der Waals surface area contributed by atoms with Crippen molar-refractivity contribution in [3.63, 3.8) is 0 Å². The molecule has 1 amide bonds. The zero-order valence-corrected chi connectivity index (χ0v) is 10.4. The van der Waals surface area contributed by atoms with Crippen LogP contribution >= 0.6 is 0 Å². The number of hydrogen-bond donors (Lipinski definition) is 2. The lowest BCUT2D eigenvalue weighted by atomic mass is 10.3. The second-order valence-electron chi connectivity index (χ2n) is 4.35. The first-order chi connectivity index (χ1) is 8.58. The average molecular weight is 244 g/mol. The fourth-order valence-electron chi connectivity index (χ4n) is 1.74. The number of nitrogens with two attached hydrogens (primary N) is 1. The molecular formula is C13H16N4O. The van der Waals surface area contributed by atoms with Crippen LogP contribution in [0.1, 0.15) is 30.4 Å². The van der Waals surface area contributed by atoms with Crippen LogP contribution in [0.3, 0.4) is 0 Å². The molecule has 2 aromatic heterocycles. The van der Waals surface area contributed by atoms with Crippen LogP contribution in [0.15, 0.2) is 36.8 Å². The number of rotatable bonds is 3. The Hall–Kier alpha value is -2.30. The van der Waals surface area contributed by atoms with Gasteiger partial charge in [-0.05, 0) is 32.0 Å². The normalized spacial score (nSPS) is 10.6. The van der Waals surface area contributed by atoms with Gasteiger partial charge in [-0.1, -0.05) is 0 Å². The van der Waals surface area contributed by atoms with Crippen LogP contribution in [-0.2, 0) is 0 Å². The van der Waals surface area contributed by atoms with E-state index in [1.807, 2.05) is 18.4 Å². The monoisotopic (exact) mass is 244 g/mol. The van der Waals surface area contributed by atoms with E-state index < -0.39 is 0 Å². The zero-order chi connectivity index (χ0) is 13.1. The van der Waals surface area contributed by atoms with Gasteiger partial charge in [0, 0.05) is 30.3 Å². The molecule has 5 nitrogen and oxygen atoms in total. The maximum absolute atomic E-state index is 12.1. The standard InChI is InChI=1S/C13H16N4O/c1-9(2)17-8-10(14)7-12(17)13(18)16-11-3-5-15-6-4-11/h3-9H,14H2,1-2H3,(H,15,16,18). The molecule has 0 saturated carbocycles. The predicted molar refractivity (Wildman–Crippen MR) is 71.4 cm³/mol. The third kappa shape index (κ3) is 2.51. The SMILES string of the molecule is CC(C)n1cc(N)cc1C(=O)Nc1ccncc1. The minimum atomic E-state index is -0.174. The third-order valence-electron chi connectivity index (χ3n) is 2.60. The predicted octanol–water partition coefficient (Wildman–Crippen LogP) is 2.30. The van der Waals surface area contributed by atoms with Gasteiger partial charge < -0.3 is 15.6 Å². The van der Waals surface area contributed by atoms with Crippen LogP contribution in [0.4, 0.5) is 11.4 Å². The lowest BCUT2D eigenvalue weighted by Crippen LogP contribution is -2.17. The number of hydrogen-bond acceptors (Lipinski definition) is 3. The first-order valence-electron chi connectivity index (χ1n) is 5.76. The van der Waals surface area contributed by atoms with Crippen LogP contribution in [-0.4, -0.2) is 15.5 Å². The number of carbonyl (C=O) groups is 1. The van der Waals surface area contributed by atoms with Gasteiger partial charge in [0.15, 0.2) is 0 Å². The molecule has 94 valence electrons. The number of amides is 1. The molecule has 0 aliphatic rings. The minimum Gasteiger partial charge on any atom is -0.397 e. The average Bonchev–Trinajstić information content (AvgIpc) is 2.73. The lowest BCUT2D eigenvalue weighted by molar-refractivity contribution is 0.101. The van der Waals surface area contributed by atoms with Crippen molar-refractivity contribution in [2.24, 2.45) is 0 Å². The quantitative estimate of drug-likeness (QED) is 0.870. The second-order valence-corrected chi connectivity index (χ2v) is 4.35. The maximum Gasteiger partial charge on any atom is 0.272 e. The van der Waals surface area contributed by atoms with E-state index in [1.54, 1.807) is 36.8 Å². The smallest absolute Gasteiger partial charge is 0.272 e. The Bertz CT molecular complexity index is 545. The Kier molecular flexibility index (Phi) is 3.32. The summed E-state index contributed by atoms with van der Waals surface area (Å²) in [4.78, 5) is 16.0. The number of aromatic nitrogens is 2. The Morgan fingerprint density at radius 1 is 1.39 bits per heavy atom. The Morgan fingerprint density at radius 2 is 2.06 bits per heavy atom. The van der Waals surface area contributed by atoms with Crippen molar-refractivity contribution >= 4 is 17.3 Å². The molecule has 0 aromatic carbocycles. The van der Waals surface area contributed by atoms with E-state index in [9.17, 15) is 4.79 Å². The molecule has 18 heavy (non-hydrogen) atoms. The van der Waals surface area contributed by atoms with Crippen LogP contribution in [0.5, 0.6) is 0 Å². The topological polar surface area (TPSA) is 72.9 Å². The number of anilines is 2. The Balaban J connectivity index is 2.24. The van der Waals surface area contributed by atoms with E-state index in [-0.39, 0.29) is 11.9 Å². The Morgan fingerprint density at radius 3 is 2.67 bits per heavy atom. The second kappa shape index (κ2) is 4.91. The van der Waals surface area contributed by atoms with Gasteiger partial charge in [-0.25, -0.2) is 0 Å². The van der Waals surface area contributed by atoms with E-state index in [0.717, 1.165) is 0 Å². The van der Waals surface area contributed by atoms with Crippen LogP contribution < -0.4 is 11.1 Å². The third-order valence-corrected chi connectivity index (χ3v) is 2.60. The molecule has 3 N–H and O–H groups in total. The maximum atomic E-state index is 12.1. The Labute approximate surface area is 106 Å². The summed E-state index contributed by atoms with van der Waals surface area (Å²) in [6, 6.07) is 5.34. The van der Waals surface area contributed by atoms with Crippen molar-refractivity contribution in [2.45, 2.75) is 19.9 Å². The molecule has 0 aliphatic heterocycles. The summed E-state index contributed by atoms with van der Waals surface area (Å²) in [7, 11) is 0. The van der Waals surface area contributed by atoms with Crippen molar-refractivity contribution in [1.29, 1.82) is 0 Å². The van der Waals surface area contributed by atoms with E-state index in [0.29, 0.717) is 17.1 Å². The van der Waals surface area contributed by atoms with Gasteiger partial charge in [-0.3, -0.25) is 9.78 Å². The first-order valence-corrected chi connectivity index (χ1v) is 5.76. The molecule has 0 unspecified atom stereocenters. The van der Waals surface area contributed by atoms with Crippen LogP contribution in [0.2, 0.25) is 0 Å². The molecule has 2 aromatic rings. The summed E-state index contributed by atoms with van der Waals surface area (Å²) in [6.07, 6.45) is 5.03. The van der Waals surface area contributed by atoms with E-state index >= 15 is 0 Å². The molecule has 0 saturated heterocycles. The largest absolute Gasteiger partial charge is 0.397 e. The van der Waals surface area contributed by atoms with Gasteiger partial charge in [0.05, 0.1) is 5.69 Å². The number of nitrogens with one attached hydrogen (secondary N) is 1. The van der Waals surface area contributed by atoms with Crippen molar-refractivity contribution in [1.82, 2.24) is 9.55 Å². The van der Waals surface area contributed by atoms with Gasteiger partial charge >= 0.3 is 0 Å². The zero-order valence-electron chi connectivity index (χ0n) is 10.4. The number of pyridine rings is 1. The highest BCUT2D eigenvalue weighted by atomic mass is 16.1. The van der Waals surface area contributed by atoms with E-state index in [4.69, 9.17) is 5.73 Å². The fraction of sp³-hybridized carbons (Fsp3) is 0.231. The summed E-state index contributed by atoms with van der Waals surface area (Å²) in [5, 5.41) is 2.81. The van der Waals surface area contributed by atoms with E-state index in [1.165, 1.54) is 0 Å². The highest BCUT2D eigenvalue weighted by Crippen LogP contribution is 2.17. The summed E-state index contributed by atoms with van der Waals surface area (Å²) in [6.45, 7) is 4.01. The summed E-state index contributed by atoms with van der Waals surface area (Å²) in [5.74, 6) is -0.174.